The Morgan fingerprint density at radius 1 is 1.29 bits per heavy atom. The fourth-order valence-corrected chi connectivity index (χ4v) is 1.48. The Morgan fingerprint density at radius 2 is 2.10 bits per heavy atom. The number of rotatable bonds is 4. The molecule has 8 heteroatoms. The van der Waals surface area contributed by atoms with Crippen molar-refractivity contribution < 1.29 is 22.8 Å². The minimum absolute atomic E-state index is 0.0431. The molecule has 0 aliphatic carbocycles. The largest absolute Gasteiger partial charge is 0.416 e. The number of alkyl halides is 3. The summed E-state index contributed by atoms with van der Waals surface area (Å²) in [5.74, 6) is -0.773. The second-order valence-corrected chi connectivity index (χ2v) is 4.00. The van der Waals surface area contributed by atoms with E-state index in [4.69, 9.17) is 4.84 Å². The van der Waals surface area contributed by atoms with Crippen LogP contribution in [0.3, 0.4) is 0 Å². The molecule has 1 N–H and O–H groups in total. The fourth-order valence-electron chi connectivity index (χ4n) is 1.48. The topological polar surface area (TPSA) is 64.1 Å². The normalized spacial score (nSPS) is 11.2. The van der Waals surface area contributed by atoms with Crippen LogP contribution in [0, 0.1) is 0 Å². The number of carbonyl (C=O) groups excluding carboxylic acids is 1. The molecule has 110 valence electrons. The highest BCUT2D eigenvalue weighted by Gasteiger charge is 2.30. The lowest BCUT2D eigenvalue weighted by atomic mass is 10.1. The van der Waals surface area contributed by atoms with Crippen molar-refractivity contribution in [1.29, 1.82) is 0 Å². The Labute approximate surface area is 117 Å². The van der Waals surface area contributed by atoms with Gasteiger partial charge < -0.3 is 0 Å². The first kappa shape index (κ1) is 14.9. The third-order valence-electron chi connectivity index (χ3n) is 2.45. The van der Waals surface area contributed by atoms with E-state index >= 15 is 0 Å². The first-order valence-corrected chi connectivity index (χ1v) is 5.81. The number of benzene rings is 1. The molecule has 0 saturated heterocycles. The van der Waals surface area contributed by atoms with Gasteiger partial charge in [0, 0.05) is 18.0 Å². The second-order valence-electron chi connectivity index (χ2n) is 4.00. The average Bonchev–Trinajstić information content (AvgIpc) is 2.47. The number of hydroxylamine groups is 1. The predicted molar refractivity (Wildman–Crippen MR) is 65.7 cm³/mol. The van der Waals surface area contributed by atoms with Gasteiger partial charge in [0.2, 0.25) is 0 Å². The van der Waals surface area contributed by atoms with Crippen LogP contribution in [0.15, 0.2) is 42.9 Å². The number of nitrogens with one attached hydrogen (secondary N) is 1. The van der Waals surface area contributed by atoms with Crippen molar-refractivity contribution in [2.45, 2.75) is 12.8 Å². The minimum Gasteiger partial charge on any atom is -0.267 e. The molecule has 21 heavy (non-hydrogen) atoms. The van der Waals surface area contributed by atoms with Gasteiger partial charge in [-0.3, -0.25) is 19.6 Å². The molecular weight excluding hydrogens is 287 g/mol. The summed E-state index contributed by atoms with van der Waals surface area (Å²) < 4.78 is 37.6. The number of halogens is 3. The van der Waals surface area contributed by atoms with E-state index in [1.165, 1.54) is 24.7 Å². The average molecular weight is 297 g/mol. The van der Waals surface area contributed by atoms with Crippen molar-refractivity contribution in [3.8, 4) is 0 Å². The Balaban J connectivity index is 1.95. The molecule has 2 rings (SSSR count). The van der Waals surface area contributed by atoms with Crippen molar-refractivity contribution in [2.24, 2.45) is 0 Å². The van der Waals surface area contributed by atoms with Gasteiger partial charge in [0.1, 0.15) is 6.61 Å². The third kappa shape index (κ3) is 4.25. The van der Waals surface area contributed by atoms with Gasteiger partial charge in [0.25, 0.3) is 5.91 Å². The van der Waals surface area contributed by atoms with E-state index in [0.717, 1.165) is 18.2 Å². The zero-order chi connectivity index (χ0) is 15.3. The molecule has 0 saturated carbocycles. The molecule has 0 bridgehead atoms. The van der Waals surface area contributed by atoms with Crippen LogP contribution in [-0.2, 0) is 17.6 Å². The standard InChI is InChI=1S/C13H10F3N3O2/c14-13(15,16)10-3-1-2-9(6-10)12(20)19-21-8-11-7-17-4-5-18-11/h1-7H,8H2,(H,19,20). The van der Waals surface area contributed by atoms with Crippen molar-refractivity contribution in [3.63, 3.8) is 0 Å². The first-order chi connectivity index (χ1) is 9.97. The van der Waals surface area contributed by atoms with E-state index in [0.29, 0.717) is 5.69 Å². The highest BCUT2D eigenvalue weighted by molar-refractivity contribution is 5.93. The van der Waals surface area contributed by atoms with E-state index < -0.39 is 17.6 Å². The van der Waals surface area contributed by atoms with Gasteiger partial charge >= 0.3 is 6.18 Å². The summed E-state index contributed by atoms with van der Waals surface area (Å²) in [5, 5.41) is 0. The van der Waals surface area contributed by atoms with E-state index in [2.05, 4.69) is 15.4 Å². The van der Waals surface area contributed by atoms with Crippen LogP contribution in [0.1, 0.15) is 21.6 Å². The number of amides is 1. The Hall–Kier alpha value is -2.48. The van der Waals surface area contributed by atoms with Crippen LogP contribution in [0.5, 0.6) is 0 Å². The lowest BCUT2D eigenvalue weighted by Crippen LogP contribution is -2.24. The van der Waals surface area contributed by atoms with Gasteiger partial charge in [-0.2, -0.15) is 13.2 Å². The molecule has 5 nitrogen and oxygen atoms in total. The zero-order valence-electron chi connectivity index (χ0n) is 10.6. The van der Waals surface area contributed by atoms with Gasteiger partial charge in [0.15, 0.2) is 0 Å². The van der Waals surface area contributed by atoms with E-state index in [1.54, 1.807) is 0 Å². The second kappa shape index (κ2) is 6.31. The van der Waals surface area contributed by atoms with Crippen molar-refractivity contribution in [3.05, 3.63) is 59.7 Å². The summed E-state index contributed by atoms with van der Waals surface area (Å²) in [6, 6.07) is 4.05. The Kier molecular flexibility index (Phi) is 4.49. The van der Waals surface area contributed by atoms with Gasteiger partial charge in [-0.1, -0.05) is 6.07 Å². The van der Waals surface area contributed by atoms with Crippen LogP contribution in [-0.4, -0.2) is 15.9 Å². The molecule has 1 heterocycles. The summed E-state index contributed by atoms with van der Waals surface area (Å²) in [7, 11) is 0. The molecule has 1 aromatic carbocycles. The van der Waals surface area contributed by atoms with Crippen LogP contribution >= 0.6 is 0 Å². The number of aromatic nitrogens is 2. The third-order valence-corrected chi connectivity index (χ3v) is 2.45. The number of nitrogens with zero attached hydrogens (tertiary/aromatic N) is 2. The highest BCUT2D eigenvalue weighted by atomic mass is 19.4. The predicted octanol–water partition coefficient (Wildman–Crippen LogP) is 2.36. The summed E-state index contributed by atoms with van der Waals surface area (Å²) in [6.07, 6.45) is -0.134. The summed E-state index contributed by atoms with van der Waals surface area (Å²) in [5.41, 5.74) is 1.48. The maximum absolute atomic E-state index is 12.5. The SMILES string of the molecule is O=C(NOCc1cnccn1)c1cccc(C(F)(F)F)c1. The lowest BCUT2D eigenvalue weighted by molar-refractivity contribution is -0.137. The quantitative estimate of drug-likeness (QED) is 0.880. The Morgan fingerprint density at radius 3 is 2.76 bits per heavy atom. The summed E-state index contributed by atoms with van der Waals surface area (Å²) in [4.78, 5) is 24.3. The molecule has 1 amide bonds. The molecule has 0 spiro atoms. The van der Waals surface area contributed by atoms with Gasteiger partial charge in [-0.15, -0.1) is 0 Å². The maximum Gasteiger partial charge on any atom is 0.416 e. The van der Waals surface area contributed by atoms with Crippen LogP contribution < -0.4 is 5.48 Å². The highest BCUT2D eigenvalue weighted by Crippen LogP contribution is 2.29. The van der Waals surface area contributed by atoms with Gasteiger partial charge in [-0.05, 0) is 18.2 Å². The fraction of sp³-hybridized carbons (Fsp3) is 0.154. The molecule has 0 aliphatic heterocycles. The van der Waals surface area contributed by atoms with Crippen LogP contribution in [0.2, 0.25) is 0 Å². The molecule has 2 aromatic rings. The van der Waals surface area contributed by atoms with Crippen molar-refractivity contribution >= 4 is 5.91 Å². The van der Waals surface area contributed by atoms with Crippen LogP contribution in [0.25, 0.3) is 0 Å². The molecule has 0 fully saturated rings. The van der Waals surface area contributed by atoms with Crippen molar-refractivity contribution in [2.75, 3.05) is 0 Å². The number of carbonyl (C=O) groups is 1. The van der Waals surface area contributed by atoms with E-state index in [-0.39, 0.29) is 12.2 Å². The number of hydrogen-bond donors (Lipinski definition) is 1. The maximum atomic E-state index is 12.5. The molecule has 0 aliphatic rings. The summed E-state index contributed by atoms with van der Waals surface area (Å²) in [6.45, 7) is -0.0431. The first-order valence-electron chi connectivity index (χ1n) is 5.81. The lowest BCUT2D eigenvalue weighted by Gasteiger charge is -2.09. The molecular formula is C13H10F3N3O2. The monoisotopic (exact) mass is 297 g/mol. The van der Waals surface area contributed by atoms with Gasteiger partial charge in [0.05, 0.1) is 17.5 Å². The smallest absolute Gasteiger partial charge is 0.267 e. The minimum atomic E-state index is -4.50. The van der Waals surface area contributed by atoms with Crippen molar-refractivity contribution in [1.82, 2.24) is 15.4 Å². The summed E-state index contributed by atoms with van der Waals surface area (Å²) >= 11 is 0. The Bertz CT molecular complexity index is 618. The molecule has 1 aromatic heterocycles. The number of hydrogen-bond acceptors (Lipinski definition) is 4. The molecule has 0 unspecified atom stereocenters. The van der Waals surface area contributed by atoms with Crippen LogP contribution in [0.4, 0.5) is 13.2 Å². The van der Waals surface area contributed by atoms with E-state index in [9.17, 15) is 18.0 Å². The van der Waals surface area contributed by atoms with Gasteiger partial charge in [-0.25, -0.2) is 5.48 Å². The molecule has 0 atom stereocenters. The zero-order valence-corrected chi connectivity index (χ0v) is 10.6. The molecule has 0 radical (unpaired) electrons. The van der Waals surface area contributed by atoms with E-state index in [1.807, 2.05) is 0 Å².